The largest absolute Gasteiger partial charge is 0.385 e. The Kier molecular flexibility index (Phi) is 4.87. The highest BCUT2D eigenvalue weighted by Gasteiger charge is 2.41. The minimum Gasteiger partial charge on any atom is -0.385 e. The molecule has 1 saturated carbocycles. The molecule has 20 heavy (non-hydrogen) atoms. The second kappa shape index (κ2) is 6.28. The smallest absolute Gasteiger partial charge is 0.0939 e. The maximum Gasteiger partial charge on any atom is 0.0939 e. The fourth-order valence-corrected chi connectivity index (χ4v) is 3.70. The highest BCUT2D eigenvalue weighted by atomic mass is 16.3. The summed E-state index contributed by atoms with van der Waals surface area (Å²) >= 11 is 0. The lowest BCUT2D eigenvalue weighted by Crippen LogP contribution is -2.41. The van der Waals surface area contributed by atoms with E-state index in [-0.39, 0.29) is 0 Å². The summed E-state index contributed by atoms with van der Waals surface area (Å²) in [6, 6.07) is 8.45. The number of nitrogens with zero attached hydrogens (tertiary/aromatic N) is 1. The van der Waals surface area contributed by atoms with Gasteiger partial charge in [-0.2, -0.15) is 0 Å². The van der Waals surface area contributed by atoms with E-state index >= 15 is 0 Å². The molecule has 1 aliphatic carbocycles. The molecular weight excluding hydrogens is 246 g/mol. The Balaban J connectivity index is 2.37. The Morgan fingerprint density at radius 1 is 1.30 bits per heavy atom. The summed E-state index contributed by atoms with van der Waals surface area (Å²) in [5.74, 6) is 0.914. The standard InChI is InChI=1S/C18H29NO/c1-14-7-5-9-16(11-14)18(20)12-15(2)8-6-10-17(18)13-19(3)4/h5,7,9,11,15,17,20H,6,8,10,12-13H2,1-4H3. The van der Waals surface area contributed by atoms with E-state index < -0.39 is 5.60 Å². The van der Waals surface area contributed by atoms with Crippen molar-refractivity contribution < 1.29 is 5.11 Å². The van der Waals surface area contributed by atoms with E-state index in [1.54, 1.807) is 0 Å². The van der Waals surface area contributed by atoms with Crippen LogP contribution in [0.3, 0.4) is 0 Å². The van der Waals surface area contributed by atoms with Crippen molar-refractivity contribution in [2.45, 2.75) is 45.1 Å². The van der Waals surface area contributed by atoms with E-state index in [0.29, 0.717) is 11.8 Å². The molecule has 0 aromatic heterocycles. The normalized spacial score (nSPS) is 31.3. The predicted molar refractivity (Wildman–Crippen MR) is 84.8 cm³/mol. The van der Waals surface area contributed by atoms with Gasteiger partial charge >= 0.3 is 0 Å². The minimum atomic E-state index is -0.674. The second-order valence-corrected chi connectivity index (χ2v) is 6.99. The molecule has 1 aromatic rings. The molecule has 0 bridgehead atoms. The number of rotatable bonds is 3. The molecule has 3 unspecified atom stereocenters. The highest BCUT2D eigenvalue weighted by Crippen LogP contribution is 2.42. The quantitative estimate of drug-likeness (QED) is 0.853. The Labute approximate surface area is 123 Å². The first-order valence-corrected chi connectivity index (χ1v) is 7.86. The van der Waals surface area contributed by atoms with Crippen molar-refractivity contribution in [2.75, 3.05) is 20.6 Å². The van der Waals surface area contributed by atoms with Crippen molar-refractivity contribution in [3.8, 4) is 0 Å². The SMILES string of the molecule is Cc1cccc(C2(O)CC(C)CCCC2CN(C)C)c1. The number of hydrogen-bond acceptors (Lipinski definition) is 2. The van der Waals surface area contributed by atoms with Gasteiger partial charge in [0.1, 0.15) is 0 Å². The van der Waals surface area contributed by atoms with Gasteiger partial charge in [0.2, 0.25) is 0 Å². The molecule has 112 valence electrons. The van der Waals surface area contributed by atoms with Gasteiger partial charge in [-0.15, -0.1) is 0 Å². The van der Waals surface area contributed by atoms with E-state index in [0.717, 1.165) is 24.9 Å². The van der Waals surface area contributed by atoms with E-state index in [2.05, 4.69) is 57.1 Å². The number of benzene rings is 1. The zero-order valence-electron chi connectivity index (χ0n) is 13.4. The average molecular weight is 275 g/mol. The van der Waals surface area contributed by atoms with Crippen LogP contribution in [0.4, 0.5) is 0 Å². The lowest BCUT2D eigenvalue weighted by Gasteiger charge is -2.38. The zero-order chi connectivity index (χ0) is 14.8. The maximum absolute atomic E-state index is 11.5. The molecule has 1 N–H and O–H groups in total. The van der Waals surface area contributed by atoms with Gasteiger partial charge in [0.05, 0.1) is 5.60 Å². The van der Waals surface area contributed by atoms with E-state index in [4.69, 9.17) is 0 Å². The molecule has 2 nitrogen and oxygen atoms in total. The summed E-state index contributed by atoms with van der Waals surface area (Å²) in [5.41, 5.74) is 1.67. The van der Waals surface area contributed by atoms with Gasteiger partial charge in [0.15, 0.2) is 0 Å². The van der Waals surface area contributed by atoms with Gasteiger partial charge in [-0.3, -0.25) is 0 Å². The van der Waals surface area contributed by atoms with Gasteiger partial charge in [0.25, 0.3) is 0 Å². The topological polar surface area (TPSA) is 23.5 Å². The molecule has 1 fully saturated rings. The molecule has 0 amide bonds. The van der Waals surface area contributed by atoms with Gasteiger partial charge < -0.3 is 10.0 Å². The third kappa shape index (κ3) is 3.42. The Morgan fingerprint density at radius 3 is 2.70 bits per heavy atom. The Morgan fingerprint density at radius 2 is 2.05 bits per heavy atom. The molecular formula is C18H29NO. The molecule has 1 aliphatic rings. The minimum absolute atomic E-state index is 0.323. The van der Waals surface area contributed by atoms with Crippen LogP contribution in [0.25, 0.3) is 0 Å². The molecule has 3 atom stereocenters. The van der Waals surface area contributed by atoms with Crippen LogP contribution >= 0.6 is 0 Å². The predicted octanol–water partition coefficient (Wildman–Crippen LogP) is 3.57. The number of aryl methyl sites for hydroxylation is 1. The molecule has 0 spiro atoms. The third-order valence-corrected chi connectivity index (χ3v) is 4.69. The van der Waals surface area contributed by atoms with Crippen LogP contribution in [0.2, 0.25) is 0 Å². The summed E-state index contributed by atoms with van der Waals surface area (Å²) < 4.78 is 0. The summed E-state index contributed by atoms with van der Waals surface area (Å²) in [4.78, 5) is 2.21. The van der Waals surface area contributed by atoms with Crippen LogP contribution in [0.15, 0.2) is 24.3 Å². The van der Waals surface area contributed by atoms with Crippen LogP contribution in [-0.2, 0) is 5.60 Å². The highest BCUT2D eigenvalue weighted by molar-refractivity contribution is 5.28. The molecule has 0 radical (unpaired) electrons. The van der Waals surface area contributed by atoms with Crippen LogP contribution in [0, 0.1) is 18.8 Å². The first-order chi connectivity index (χ1) is 9.41. The summed E-state index contributed by atoms with van der Waals surface area (Å²) in [5, 5.41) is 11.5. The average Bonchev–Trinajstić information content (AvgIpc) is 2.49. The van der Waals surface area contributed by atoms with Crippen molar-refractivity contribution in [3.63, 3.8) is 0 Å². The van der Waals surface area contributed by atoms with E-state index in [1.165, 1.54) is 18.4 Å². The fraction of sp³-hybridized carbons (Fsp3) is 0.667. The van der Waals surface area contributed by atoms with Crippen LogP contribution in [-0.4, -0.2) is 30.6 Å². The second-order valence-electron chi connectivity index (χ2n) is 6.99. The Bertz CT molecular complexity index is 443. The van der Waals surface area contributed by atoms with Gasteiger partial charge in [-0.05, 0) is 45.3 Å². The summed E-state index contributed by atoms with van der Waals surface area (Å²) in [7, 11) is 4.20. The lowest BCUT2D eigenvalue weighted by atomic mass is 9.75. The van der Waals surface area contributed by atoms with E-state index in [1.807, 2.05) is 0 Å². The lowest BCUT2D eigenvalue weighted by molar-refractivity contribution is -0.0460. The van der Waals surface area contributed by atoms with Crippen LogP contribution < -0.4 is 0 Å². The first-order valence-electron chi connectivity index (χ1n) is 7.86. The third-order valence-electron chi connectivity index (χ3n) is 4.69. The van der Waals surface area contributed by atoms with Crippen molar-refractivity contribution >= 4 is 0 Å². The van der Waals surface area contributed by atoms with Crippen molar-refractivity contribution in [1.82, 2.24) is 4.90 Å². The number of hydrogen-bond donors (Lipinski definition) is 1. The number of aliphatic hydroxyl groups is 1. The fourth-order valence-electron chi connectivity index (χ4n) is 3.70. The van der Waals surface area contributed by atoms with Crippen LogP contribution in [0.5, 0.6) is 0 Å². The molecule has 2 heteroatoms. The summed E-state index contributed by atoms with van der Waals surface area (Å²) in [6.45, 7) is 5.34. The van der Waals surface area contributed by atoms with Crippen molar-refractivity contribution in [3.05, 3.63) is 35.4 Å². The molecule has 0 aliphatic heterocycles. The summed E-state index contributed by atoms with van der Waals surface area (Å²) in [6.07, 6.45) is 4.47. The van der Waals surface area contributed by atoms with Crippen molar-refractivity contribution in [1.29, 1.82) is 0 Å². The van der Waals surface area contributed by atoms with Crippen LogP contribution in [0.1, 0.15) is 43.7 Å². The van der Waals surface area contributed by atoms with Gasteiger partial charge in [0, 0.05) is 12.5 Å². The van der Waals surface area contributed by atoms with Gasteiger partial charge in [-0.25, -0.2) is 0 Å². The molecule has 2 rings (SSSR count). The molecule has 1 aromatic carbocycles. The van der Waals surface area contributed by atoms with Crippen molar-refractivity contribution in [2.24, 2.45) is 11.8 Å². The monoisotopic (exact) mass is 275 g/mol. The zero-order valence-corrected chi connectivity index (χ0v) is 13.4. The maximum atomic E-state index is 11.5. The Hall–Kier alpha value is -0.860. The molecule has 0 saturated heterocycles. The molecule has 0 heterocycles. The first kappa shape index (κ1) is 15.5. The van der Waals surface area contributed by atoms with Gasteiger partial charge in [-0.1, -0.05) is 49.6 Å². The van der Waals surface area contributed by atoms with E-state index in [9.17, 15) is 5.11 Å².